The van der Waals surface area contributed by atoms with E-state index in [4.69, 9.17) is 4.74 Å². The number of nitrogens with one attached hydrogen (secondary N) is 1. The van der Waals surface area contributed by atoms with Crippen LogP contribution in [-0.4, -0.2) is 24.2 Å². The number of benzene rings is 2. The molecule has 1 N–H and O–H groups in total. The van der Waals surface area contributed by atoms with Gasteiger partial charge in [0.2, 0.25) is 0 Å². The van der Waals surface area contributed by atoms with Crippen LogP contribution in [0.4, 0.5) is 5.69 Å². The molecule has 5 heteroatoms. The summed E-state index contributed by atoms with van der Waals surface area (Å²) in [4.78, 5) is 25.3. The van der Waals surface area contributed by atoms with Crippen LogP contribution in [0.2, 0.25) is 0 Å². The number of amides is 1. The van der Waals surface area contributed by atoms with Gasteiger partial charge in [0.15, 0.2) is 6.10 Å². The first-order valence-electron chi connectivity index (χ1n) is 6.91. The van der Waals surface area contributed by atoms with Gasteiger partial charge in [-0.05, 0) is 42.2 Å². The Balaban J connectivity index is 1.72. The highest BCUT2D eigenvalue weighted by Gasteiger charge is 2.30. The Kier molecular flexibility index (Phi) is 4.15. The maximum absolute atomic E-state index is 12.3. The molecule has 112 valence electrons. The van der Waals surface area contributed by atoms with Crippen molar-refractivity contribution in [2.75, 3.05) is 11.6 Å². The first-order chi connectivity index (χ1) is 10.7. The maximum atomic E-state index is 12.3. The molecule has 3 rings (SSSR count). The lowest BCUT2D eigenvalue weighted by Crippen LogP contribution is -2.37. The van der Waals surface area contributed by atoms with Crippen molar-refractivity contribution in [3.8, 4) is 0 Å². The predicted molar refractivity (Wildman–Crippen MR) is 86.2 cm³/mol. The highest BCUT2D eigenvalue weighted by Crippen LogP contribution is 2.22. The summed E-state index contributed by atoms with van der Waals surface area (Å²) in [6.07, 6.45) is 1.60. The van der Waals surface area contributed by atoms with Gasteiger partial charge in [0.1, 0.15) is 0 Å². The van der Waals surface area contributed by atoms with E-state index in [-0.39, 0.29) is 5.91 Å². The molecule has 0 aliphatic carbocycles. The molecular weight excluding hydrogens is 298 g/mol. The van der Waals surface area contributed by atoms with E-state index in [1.165, 1.54) is 0 Å². The summed E-state index contributed by atoms with van der Waals surface area (Å²) in [6.45, 7) is 0. The Morgan fingerprint density at radius 1 is 1.18 bits per heavy atom. The number of carbonyl (C=O) groups is 2. The minimum Gasteiger partial charge on any atom is -0.448 e. The van der Waals surface area contributed by atoms with Crippen molar-refractivity contribution in [2.24, 2.45) is 0 Å². The number of anilines is 1. The Bertz CT molecular complexity index is 712. The quantitative estimate of drug-likeness (QED) is 0.699. The molecule has 1 aliphatic heterocycles. The second-order valence-corrected chi connectivity index (χ2v) is 5.85. The Hall–Kier alpha value is -2.27. The van der Waals surface area contributed by atoms with Crippen LogP contribution in [0.15, 0.2) is 53.4 Å². The number of carbonyl (C=O) groups excluding carboxylic acids is 2. The predicted octanol–water partition coefficient (Wildman–Crippen LogP) is 3.13. The van der Waals surface area contributed by atoms with Gasteiger partial charge in [-0.15, -0.1) is 11.8 Å². The topological polar surface area (TPSA) is 55.4 Å². The second kappa shape index (κ2) is 6.23. The Labute approximate surface area is 132 Å². The van der Waals surface area contributed by atoms with Gasteiger partial charge >= 0.3 is 5.97 Å². The molecule has 0 saturated heterocycles. The van der Waals surface area contributed by atoms with Gasteiger partial charge in [0, 0.05) is 17.0 Å². The average molecular weight is 313 g/mol. The van der Waals surface area contributed by atoms with Gasteiger partial charge in [-0.1, -0.05) is 18.2 Å². The van der Waals surface area contributed by atoms with Crippen LogP contribution in [0.1, 0.15) is 15.9 Å². The van der Waals surface area contributed by atoms with Crippen LogP contribution in [0.25, 0.3) is 0 Å². The van der Waals surface area contributed by atoms with Crippen LogP contribution in [0.5, 0.6) is 0 Å². The number of fused-ring (bicyclic) bond motifs is 1. The number of esters is 1. The highest BCUT2D eigenvalue weighted by atomic mass is 32.2. The molecule has 0 bridgehead atoms. The normalized spacial score (nSPS) is 16.6. The van der Waals surface area contributed by atoms with E-state index in [1.807, 2.05) is 42.7 Å². The van der Waals surface area contributed by atoms with Crippen LogP contribution in [0.3, 0.4) is 0 Å². The van der Waals surface area contributed by atoms with Gasteiger partial charge in [-0.3, -0.25) is 4.79 Å². The van der Waals surface area contributed by atoms with E-state index >= 15 is 0 Å². The Morgan fingerprint density at radius 2 is 1.91 bits per heavy atom. The van der Waals surface area contributed by atoms with Gasteiger partial charge < -0.3 is 10.1 Å². The number of ether oxygens (including phenoxy) is 1. The van der Waals surface area contributed by atoms with E-state index in [2.05, 4.69) is 5.32 Å². The standard InChI is InChI=1S/C17H15NO3S/c1-22-13-8-6-12(7-9-13)18-16(19)15-10-11-4-2-3-5-14(11)17(20)21-15/h2-9,15H,10H2,1H3,(H,18,19). The molecule has 4 nitrogen and oxygen atoms in total. The summed E-state index contributed by atoms with van der Waals surface area (Å²) in [6, 6.07) is 14.7. The lowest BCUT2D eigenvalue weighted by atomic mass is 9.98. The monoisotopic (exact) mass is 313 g/mol. The summed E-state index contributed by atoms with van der Waals surface area (Å²) in [5.74, 6) is -0.750. The molecule has 0 saturated carbocycles. The van der Waals surface area contributed by atoms with E-state index in [9.17, 15) is 9.59 Å². The molecule has 1 amide bonds. The zero-order valence-electron chi connectivity index (χ0n) is 12.0. The molecule has 1 heterocycles. The van der Waals surface area contributed by atoms with Crippen LogP contribution >= 0.6 is 11.8 Å². The fraction of sp³-hybridized carbons (Fsp3) is 0.176. The highest BCUT2D eigenvalue weighted by molar-refractivity contribution is 7.98. The zero-order chi connectivity index (χ0) is 15.5. The van der Waals surface area contributed by atoms with Crippen molar-refractivity contribution in [1.82, 2.24) is 0 Å². The number of hydrogen-bond donors (Lipinski definition) is 1. The smallest absolute Gasteiger partial charge is 0.339 e. The molecule has 0 aromatic heterocycles. The van der Waals surface area contributed by atoms with Gasteiger partial charge in [0.25, 0.3) is 5.91 Å². The van der Waals surface area contributed by atoms with Gasteiger partial charge in [-0.25, -0.2) is 4.79 Å². The third kappa shape index (κ3) is 2.99. The Morgan fingerprint density at radius 3 is 2.64 bits per heavy atom. The molecule has 2 aromatic rings. The lowest BCUT2D eigenvalue weighted by Gasteiger charge is -2.23. The first kappa shape index (κ1) is 14.7. The minimum atomic E-state index is -0.789. The first-order valence-corrected chi connectivity index (χ1v) is 8.13. The molecule has 1 atom stereocenters. The summed E-state index contributed by atoms with van der Waals surface area (Å²) in [5, 5.41) is 2.79. The molecule has 1 unspecified atom stereocenters. The molecular formula is C17H15NO3S. The summed E-state index contributed by atoms with van der Waals surface area (Å²) in [7, 11) is 0. The van der Waals surface area contributed by atoms with Crippen LogP contribution in [-0.2, 0) is 16.0 Å². The van der Waals surface area contributed by atoms with Crippen molar-refractivity contribution in [1.29, 1.82) is 0 Å². The SMILES string of the molecule is CSc1ccc(NC(=O)C2Cc3ccccc3C(=O)O2)cc1. The summed E-state index contributed by atoms with van der Waals surface area (Å²) < 4.78 is 5.24. The molecule has 0 spiro atoms. The van der Waals surface area contributed by atoms with Crippen molar-refractivity contribution < 1.29 is 14.3 Å². The number of hydrogen-bond acceptors (Lipinski definition) is 4. The number of rotatable bonds is 3. The van der Waals surface area contributed by atoms with Crippen molar-refractivity contribution in [3.63, 3.8) is 0 Å². The fourth-order valence-corrected chi connectivity index (χ4v) is 2.78. The second-order valence-electron chi connectivity index (χ2n) is 4.97. The third-order valence-corrected chi connectivity index (χ3v) is 4.29. The fourth-order valence-electron chi connectivity index (χ4n) is 2.37. The van der Waals surface area contributed by atoms with E-state index in [1.54, 1.807) is 23.9 Å². The van der Waals surface area contributed by atoms with Gasteiger partial charge in [-0.2, -0.15) is 0 Å². The maximum Gasteiger partial charge on any atom is 0.339 e. The molecule has 0 radical (unpaired) electrons. The molecule has 2 aromatic carbocycles. The van der Waals surface area contributed by atoms with E-state index in [0.29, 0.717) is 17.7 Å². The molecule has 1 aliphatic rings. The van der Waals surface area contributed by atoms with E-state index in [0.717, 1.165) is 10.5 Å². The molecule has 22 heavy (non-hydrogen) atoms. The number of thioether (sulfide) groups is 1. The van der Waals surface area contributed by atoms with Crippen molar-refractivity contribution in [2.45, 2.75) is 17.4 Å². The van der Waals surface area contributed by atoms with Crippen molar-refractivity contribution >= 4 is 29.3 Å². The summed E-state index contributed by atoms with van der Waals surface area (Å²) >= 11 is 1.63. The summed E-state index contributed by atoms with van der Waals surface area (Å²) in [5.41, 5.74) is 2.07. The van der Waals surface area contributed by atoms with Crippen LogP contribution < -0.4 is 5.32 Å². The number of cyclic esters (lactones) is 1. The third-order valence-electron chi connectivity index (χ3n) is 3.54. The van der Waals surface area contributed by atoms with E-state index < -0.39 is 12.1 Å². The minimum absolute atomic E-state index is 0.306. The zero-order valence-corrected chi connectivity index (χ0v) is 12.9. The lowest BCUT2D eigenvalue weighted by molar-refractivity contribution is -0.125. The largest absolute Gasteiger partial charge is 0.448 e. The van der Waals surface area contributed by atoms with Gasteiger partial charge in [0.05, 0.1) is 5.56 Å². The average Bonchev–Trinajstić information content (AvgIpc) is 2.55. The molecule has 0 fully saturated rings. The van der Waals surface area contributed by atoms with Crippen molar-refractivity contribution in [3.05, 3.63) is 59.7 Å². The van der Waals surface area contributed by atoms with Crippen LogP contribution in [0, 0.1) is 0 Å².